The van der Waals surface area contributed by atoms with E-state index in [2.05, 4.69) is 13.8 Å². The van der Waals surface area contributed by atoms with E-state index in [0.29, 0.717) is 12.3 Å². The first-order chi connectivity index (χ1) is 6.88. The Bertz CT molecular complexity index is 228. The van der Waals surface area contributed by atoms with Gasteiger partial charge >= 0.3 is 5.97 Å². The monoisotopic (exact) mass is 215 g/mol. The van der Waals surface area contributed by atoms with Gasteiger partial charge in [-0.1, -0.05) is 27.2 Å². The number of nitrogens with two attached hydrogens (primary N) is 1. The Hall–Kier alpha value is -0.900. The van der Waals surface area contributed by atoms with Crippen molar-refractivity contribution in [1.82, 2.24) is 0 Å². The second kappa shape index (κ2) is 6.56. The maximum atomic E-state index is 11.5. The molecule has 0 aliphatic heterocycles. The van der Waals surface area contributed by atoms with Gasteiger partial charge in [-0.2, -0.15) is 0 Å². The van der Waals surface area contributed by atoms with Crippen LogP contribution in [0.2, 0.25) is 0 Å². The molecule has 0 fully saturated rings. The Kier molecular flexibility index (Phi) is 6.17. The summed E-state index contributed by atoms with van der Waals surface area (Å²) in [6.07, 6.45) is 1.12. The topological polar surface area (TPSA) is 80.4 Å². The second-order valence-corrected chi connectivity index (χ2v) is 4.24. The predicted molar refractivity (Wildman–Crippen MR) is 58.5 cm³/mol. The third kappa shape index (κ3) is 5.52. The highest BCUT2D eigenvalue weighted by Crippen LogP contribution is 2.19. The van der Waals surface area contributed by atoms with Gasteiger partial charge in [0.1, 0.15) is 5.78 Å². The van der Waals surface area contributed by atoms with Crippen molar-refractivity contribution >= 4 is 11.8 Å². The highest BCUT2D eigenvalue weighted by Gasteiger charge is 2.21. The third-order valence-electron chi connectivity index (χ3n) is 2.95. The molecule has 0 spiro atoms. The summed E-state index contributed by atoms with van der Waals surface area (Å²) in [6, 6.07) is -0.853. The summed E-state index contributed by atoms with van der Waals surface area (Å²) in [5, 5.41) is 8.49. The molecule has 2 unspecified atom stereocenters. The number of rotatable bonds is 7. The largest absolute Gasteiger partial charge is 0.481 e. The molecule has 3 N–H and O–H groups in total. The van der Waals surface area contributed by atoms with E-state index in [0.717, 1.165) is 6.42 Å². The van der Waals surface area contributed by atoms with Gasteiger partial charge in [0.2, 0.25) is 0 Å². The van der Waals surface area contributed by atoms with Crippen molar-refractivity contribution in [2.75, 3.05) is 0 Å². The first kappa shape index (κ1) is 14.1. The van der Waals surface area contributed by atoms with Gasteiger partial charge in [-0.15, -0.1) is 0 Å². The van der Waals surface area contributed by atoms with Gasteiger partial charge in [0.25, 0.3) is 0 Å². The van der Waals surface area contributed by atoms with Crippen LogP contribution in [0, 0.1) is 11.8 Å². The molecule has 0 saturated heterocycles. The van der Waals surface area contributed by atoms with Crippen molar-refractivity contribution in [3.05, 3.63) is 0 Å². The summed E-state index contributed by atoms with van der Waals surface area (Å²) < 4.78 is 0. The molecule has 0 amide bonds. The molecule has 0 aromatic rings. The average Bonchev–Trinajstić information content (AvgIpc) is 2.15. The fraction of sp³-hybridized carbons (Fsp3) is 0.818. The zero-order chi connectivity index (χ0) is 12.0. The Balaban J connectivity index is 4.06. The first-order valence-corrected chi connectivity index (χ1v) is 5.38. The zero-order valence-corrected chi connectivity index (χ0v) is 9.69. The second-order valence-electron chi connectivity index (χ2n) is 4.24. The Morgan fingerprint density at radius 1 is 1.20 bits per heavy atom. The van der Waals surface area contributed by atoms with E-state index >= 15 is 0 Å². The SMILES string of the molecule is CCC(C)C(C)CC(=O)[C@@H](N)CC(=O)O. The molecule has 88 valence electrons. The van der Waals surface area contributed by atoms with E-state index in [4.69, 9.17) is 10.8 Å². The van der Waals surface area contributed by atoms with E-state index in [9.17, 15) is 9.59 Å². The Morgan fingerprint density at radius 2 is 1.73 bits per heavy atom. The highest BCUT2D eigenvalue weighted by atomic mass is 16.4. The summed E-state index contributed by atoms with van der Waals surface area (Å²) in [5.74, 6) is -0.439. The van der Waals surface area contributed by atoms with Crippen molar-refractivity contribution in [1.29, 1.82) is 0 Å². The molecule has 3 atom stereocenters. The maximum absolute atomic E-state index is 11.5. The molecule has 4 heteroatoms. The molecule has 0 radical (unpaired) electrons. The van der Waals surface area contributed by atoms with Crippen LogP contribution in [0.1, 0.15) is 40.0 Å². The molecule has 0 aromatic heterocycles. The molecule has 0 rings (SSSR count). The molecule has 15 heavy (non-hydrogen) atoms. The summed E-state index contributed by atoms with van der Waals surface area (Å²) in [7, 11) is 0. The van der Waals surface area contributed by atoms with Crippen molar-refractivity contribution < 1.29 is 14.7 Å². The quantitative estimate of drug-likeness (QED) is 0.673. The molecule has 0 aliphatic rings. The van der Waals surface area contributed by atoms with E-state index < -0.39 is 12.0 Å². The van der Waals surface area contributed by atoms with Gasteiger partial charge in [-0.25, -0.2) is 0 Å². The predicted octanol–water partition coefficient (Wildman–Crippen LogP) is 1.43. The molecule has 0 aliphatic carbocycles. The van der Waals surface area contributed by atoms with Gasteiger partial charge in [0, 0.05) is 6.42 Å². The Morgan fingerprint density at radius 3 is 2.13 bits per heavy atom. The van der Waals surface area contributed by atoms with Crippen molar-refractivity contribution in [3.63, 3.8) is 0 Å². The third-order valence-corrected chi connectivity index (χ3v) is 2.95. The van der Waals surface area contributed by atoms with Crippen LogP contribution in [-0.4, -0.2) is 22.9 Å². The lowest BCUT2D eigenvalue weighted by Crippen LogP contribution is -2.34. The minimum atomic E-state index is -1.02. The number of carbonyl (C=O) groups excluding carboxylic acids is 1. The molecule has 4 nitrogen and oxygen atoms in total. The smallest absolute Gasteiger partial charge is 0.305 e. The first-order valence-electron chi connectivity index (χ1n) is 5.38. The fourth-order valence-corrected chi connectivity index (χ4v) is 1.37. The minimum absolute atomic E-state index is 0.148. The molecule has 0 saturated carbocycles. The molecular formula is C11H21NO3. The number of carbonyl (C=O) groups is 2. The van der Waals surface area contributed by atoms with Gasteiger partial charge < -0.3 is 10.8 Å². The van der Waals surface area contributed by atoms with Crippen LogP contribution in [0.3, 0.4) is 0 Å². The highest BCUT2D eigenvalue weighted by molar-refractivity contribution is 5.87. The number of hydrogen-bond donors (Lipinski definition) is 2. The molecular weight excluding hydrogens is 194 g/mol. The van der Waals surface area contributed by atoms with Crippen LogP contribution < -0.4 is 5.73 Å². The minimum Gasteiger partial charge on any atom is -0.481 e. The number of carboxylic acid groups (broad SMARTS) is 1. The lowest BCUT2D eigenvalue weighted by atomic mass is 9.87. The molecule has 0 aromatic carbocycles. The van der Waals surface area contributed by atoms with Gasteiger partial charge in [-0.3, -0.25) is 9.59 Å². The summed E-state index contributed by atoms with van der Waals surface area (Å²) in [5.41, 5.74) is 5.48. The van der Waals surface area contributed by atoms with Crippen molar-refractivity contribution in [2.24, 2.45) is 17.6 Å². The summed E-state index contributed by atoms with van der Waals surface area (Å²) >= 11 is 0. The molecule has 0 heterocycles. The lowest BCUT2D eigenvalue weighted by Gasteiger charge is -2.18. The summed E-state index contributed by atoms with van der Waals surface area (Å²) in [4.78, 5) is 21.9. The fourth-order valence-electron chi connectivity index (χ4n) is 1.37. The normalized spacial score (nSPS) is 16.8. The zero-order valence-electron chi connectivity index (χ0n) is 9.69. The number of Topliss-reactive ketones (excluding diaryl/α,β-unsaturated/α-hetero) is 1. The summed E-state index contributed by atoms with van der Waals surface area (Å²) in [6.45, 7) is 6.16. The van der Waals surface area contributed by atoms with E-state index in [1.165, 1.54) is 0 Å². The molecule has 0 bridgehead atoms. The maximum Gasteiger partial charge on any atom is 0.305 e. The van der Waals surface area contributed by atoms with E-state index in [-0.39, 0.29) is 18.1 Å². The van der Waals surface area contributed by atoms with Gasteiger partial charge in [0.05, 0.1) is 12.5 Å². The number of carboxylic acids is 1. The average molecular weight is 215 g/mol. The van der Waals surface area contributed by atoms with E-state index in [1.807, 2.05) is 6.92 Å². The van der Waals surface area contributed by atoms with Crippen LogP contribution >= 0.6 is 0 Å². The van der Waals surface area contributed by atoms with Crippen LogP contribution in [-0.2, 0) is 9.59 Å². The van der Waals surface area contributed by atoms with Crippen LogP contribution in [0.5, 0.6) is 0 Å². The number of hydrogen-bond acceptors (Lipinski definition) is 3. The Labute approximate surface area is 90.8 Å². The van der Waals surface area contributed by atoms with Crippen molar-refractivity contribution in [2.45, 2.75) is 46.1 Å². The van der Waals surface area contributed by atoms with Gasteiger partial charge in [0.15, 0.2) is 0 Å². The lowest BCUT2D eigenvalue weighted by molar-refractivity contribution is -0.139. The number of aliphatic carboxylic acids is 1. The van der Waals surface area contributed by atoms with Crippen LogP contribution in [0.4, 0.5) is 0 Å². The number of ketones is 1. The van der Waals surface area contributed by atoms with Crippen molar-refractivity contribution in [3.8, 4) is 0 Å². The standard InChI is InChI=1S/C11H21NO3/c1-4-7(2)8(3)5-10(13)9(12)6-11(14)15/h7-9H,4-6,12H2,1-3H3,(H,14,15)/t7?,8?,9-/m0/s1. The van der Waals surface area contributed by atoms with Gasteiger partial charge in [-0.05, 0) is 11.8 Å². The van der Waals surface area contributed by atoms with E-state index in [1.54, 1.807) is 0 Å². The van der Waals surface area contributed by atoms with Crippen LogP contribution in [0.25, 0.3) is 0 Å². The van der Waals surface area contributed by atoms with Crippen LogP contribution in [0.15, 0.2) is 0 Å².